The normalized spacial score (nSPS) is 10.2. The van der Waals surface area contributed by atoms with Crippen molar-refractivity contribution >= 4 is 23.7 Å². The molecule has 2 N–H and O–H groups in total. The third-order valence-corrected chi connectivity index (χ3v) is 2.88. The zero-order valence-electron chi connectivity index (χ0n) is 9.02. The van der Waals surface area contributed by atoms with Gasteiger partial charge in [0.15, 0.2) is 6.33 Å². The summed E-state index contributed by atoms with van der Waals surface area (Å²) < 4.78 is 1.52. The Balaban J connectivity index is 2.19. The molecule has 17 heavy (non-hydrogen) atoms. The van der Waals surface area contributed by atoms with Crippen molar-refractivity contribution in [3.63, 3.8) is 0 Å². The number of hydrogen-bond acceptors (Lipinski definition) is 5. The number of rotatable bonds is 3. The summed E-state index contributed by atoms with van der Waals surface area (Å²) >= 11 is 1.34. The highest BCUT2D eigenvalue weighted by Gasteiger charge is 2.07. The fraction of sp³-hybridized carbons (Fsp3) is 0.111. The molecule has 0 bridgehead atoms. The Labute approximate surface area is 102 Å². The number of carbonyl (C=O) groups is 1. The Kier molecular flexibility index (Phi) is 3.24. The molecule has 0 aliphatic carbocycles. The van der Waals surface area contributed by atoms with Gasteiger partial charge >= 0.3 is 6.03 Å². The molecular formula is C9H10N6OS. The van der Waals surface area contributed by atoms with Crippen LogP contribution in [-0.4, -0.2) is 32.7 Å². The van der Waals surface area contributed by atoms with Crippen molar-refractivity contribution in [2.45, 2.75) is 4.90 Å². The Bertz CT molecular complexity index is 514. The van der Waals surface area contributed by atoms with Gasteiger partial charge in [-0.25, -0.2) is 4.79 Å². The molecule has 1 aromatic carbocycles. The molecule has 88 valence electrons. The molecule has 0 radical (unpaired) electrons. The van der Waals surface area contributed by atoms with Gasteiger partial charge in [-0.3, -0.25) is 4.90 Å². The Hall–Kier alpha value is -2.09. The van der Waals surface area contributed by atoms with Crippen LogP contribution in [0.15, 0.2) is 35.5 Å². The highest BCUT2D eigenvalue weighted by molar-refractivity contribution is 7.97. The number of tetrazole rings is 1. The molecule has 0 fully saturated rings. The number of hydrogen-bond donors (Lipinski definition) is 1. The average Bonchev–Trinajstić information content (AvgIpc) is 2.81. The molecule has 0 spiro atoms. The zero-order chi connectivity index (χ0) is 12.3. The molecule has 0 saturated carbocycles. The number of anilines is 1. The summed E-state index contributed by atoms with van der Waals surface area (Å²) in [6.07, 6.45) is 1.50. The summed E-state index contributed by atoms with van der Waals surface area (Å²) in [7, 11) is 1.61. The molecule has 2 aromatic rings. The van der Waals surface area contributed by atoms with Crippen LogP contribution < -0.4 is 10.6 Å². The van der Waals surface area contributed by atoms with Crippen molar-refractivity contribution in [1.29, 1.82) is 0 Å². The summed E-state index contributed by atoms with van der Waals surface area (Å²) in [6, 6.07) is 6.85. The summed E-state index contributed by atoms with van der Waals surface area (Å²) in [5, 5.41) is 10.8. The molecule has 0 saturated heterocycles. The Morgan fingerprint density at radius 2 is 2.35 bits per heavy atom. The molecule has 1 aromatic heterocycles. The minimum Gasteiger partial charge on any atom is -0.351 e. The van der Waals surface area contributed by atoms with Crippen LogP contribution in [0.25, 0.3) is 0 Å². The van der Waals surface area contributed by atoms with Crippen LogP contribution in [0.5, 0.6) is 0 Å². The molecule has 7 nitrogen and oxygen atoms in total. The van der Waals surface area contributed by atoms with Gasteiger partial charge in [0.2, 0.25) is 0 Å². The standard InChI is InChI=1S/C9H10N6OS/c1-14(9(10)16)7-3-2-4-8(5-7)17-15-6-11-12-13-15/h2-6H,1H3,(H2,10,16). The lowest BCUT2D eigenvalue weighted by Crippen LogP contribution is -2.31. The van der Waals surface area contributed by atoms with E-state index < -0.39 is 6.03 Å². The van der Waals surface area contributed by atoms with Crippen molar-refractivity contribution < 1.29 is 4.79 Å². The monoisotopic (exact) mass is 250 g/mol. The number of carbonyl (C=O) groups excluding carboxylic acids is 1. The lowest BCUT2D eigenvalue weighted by molar-refractivity contribution is 0.255. The van der Waals surface area contributed by atoms with E-state index in [1.807, 2.05) is 18.2 Å². The van der Waals surface area contributed by atoms with E-state index in [-0.39, 0.29) is 0 Å². The topological polar surface area (TPSA) is 89.9 Å². The lowest BCUT2D eigenvalue weighted by atomic mass is 10.3. The maximum absolute atomic E-state index is 11.0. The van der Waals surface area contributed by atoms with E-state index in [2.05, 4.69) is 15.5 Å². The second-order valence-corrected chi connectivity index (χ2v) is 4.23. The first-order valence-corrected chi connectivity index (χ1v) is 5.49. The molecule has 0 aliphatic heterocycles. The van der Waals surface area contributed by atoms with Crippen molar-refractivity contribution in [3.05, 3.63) is 30.6 Å². The molecule has 1 heterocycles. The summed E-state index contributed by atoms with van der Waals surface area (Å²) in [5.41, 5.74) is 5.91. The minimum absolute atomic E-state index is 0.505. The predicted molar refractivity (Wildman–Crippen MR) is 63.5 cm³/mol. The van der Waals surface area contributed by atoms with Gasteiger partial charge in [-0.2, -0.15) is 4.09 Å². The second kappa shape index (κ2) is 4.83. The average molecular weight is 250 g/mol. The van der Waals surface area contributed by atoms with Crippen molar-refractivity contribution in [1.82, 2.24) is 19.6 Å². The first kappa shape index (κ1) is 11.4. The van der Waals surface area contributed by atoms with Gasteiger partial charge < -0.3 is 5.73 Å². The molecule has 0 unspecified atom stereocenters. The first-order valence-electron chi connectivity index (χ1n) is 4.71. The van der Waals surface area contributed by atoms with Crippen LogP contribution in [0.3, 0.4) is 0 Å². The highest BCUT2D eigenvalue weighted by atomic mass is 32.2. The van der Waals surface area contributed by atoms with E-state index >= 15 is 0 Å². The SMILES string of the molecule is CN(C(N)=O)c1cccc(Sn2cnnn2)c1. The van der Waals surface area contributed by atoms with Crippen LogP contribution in [0, 0.1) is 0 Å². The van der Waals surface area contributed by atoms with E-state index in [1.54, 1.807) is 13.1 Å². The number of benzene rings is 1. The molecular weight excluding hydrogens is 240 g/mol. The summed E-state index contributed by atoms with van der Waals surface area (Å²) in [5.74, 6) is 0. The largest absolute Gasteiger partial charge is 0.351 e. The number of urea groups is 1. The van der Waals surface area contributed by atoms with Crippen LogP contribution >= 0.6 is 11.9 Å². The van der Waals surface area contributed by atoms with Gasteiger partial charge in [0.05, 0.1) is 0 Å². The van der Waals surface area contributed by atoms with Gasteiger partial charge in [0.1, 0.15) is 0 Å². The van der Waals surface area contributed by atoms with E-state index in [0.29, 0.717) is 0 Å². The van der Waals surface area contributed by atoms with Gasteiger partial charge in [-0.1, -0.05) is 6.07 Å². The fourth-order valence-electron chi connectivity index (χ4n) is 1.18. The first-order chi connectivity index (χ1) is 8.16. The quantitative estimate of drug-likeness (QED) is 0.867. The van der Waals surface area contributed by atoms with Crippen LogP contribution in [-0.2, 0) is 0 Å². The number of amides is 2. The third-order valence-electron chi connectivity index (χ3n) is 2.06. The summed E-state index contributed by atoms with van der Waals surface area (Å²) in [4.78, 5) is 13.3. The number of aromatic nitrogens is 4. The van der Waals surface area contributed by atoms with Gasteiger partial charge in [-0.05, 0) is 28.6 Å². The van der Waals surface area contributed by atoms with Crippen molar-refractivity contribution in [2.24, 2.45) is 5.73 Å². The van der Waals surface area contributed by atoms with Crippen LogP contribution in [0.4, 0.5) is 10.5 Å². The number of nitrogens with zero attached hydrogens (tertiary/aromatic N) is 5. The van der Waals surface area contributed by atoms with Crippen LogP contribution in [0.1, 0.15) is 0 Å². The van der Waals surface area contributed by atoms with E-state index in [9.17, 15) is 4.79 Å². The van der Waals surface area contributed by atoms with Crippen LogP contribution in [0.2, 0.25) is 0 Å². The smallest absolute Gasteiger partial charge is 0.318 e. The number of nitrogens with two attached hydrogens (primary N) is 1. The second-order valence-electron chi connectivity index (χ2n) is 3.20. The minimum atomic E-state index is -0.505. The fourth-order valence-corrected chi connectivity index (χ4v) is 1.87. The zero-order valence-corrected chi connectivity index (χ0v) is 9.83. The van der Waals surface area contributed by atoms with Gasteiger partial charge in [0.25, 0.3) is 0 Å². The van der Waals surface area contributed by atoms with E-state index in [1.165, 1.54) is 27.3 Å². The highest BCUT2D eigenvalue weighted by Crippen LogP contribution is 2.23. The Morgan fingerprint density at radius 3 is 3.00 bits per heavy atom. The maximum Gasteiger partial charge on any atom is 0.318 e. The molecule has 0 aliphatic rings. The maximum atomic E-state index is 11.0. The van der Waals surface area contributed by atoms with Gasteiger partial charge in [-0.15, -0.1) is 5.10 Å². The van der Waals surface area contributed by atoms with Crippen molar-refractivity contribution in [3.8, 4) is 0 Å². The van der Waals surface area contributed by atoms with Crippen molar-refractivity contribution in [2.75, 3.05) is 11.9 Å². The summed E-state index contributed by atoms with van der Waals surface area (Å²) in [6.45, 7) is 0. The molecule has 0 atom stereocenters. The van der Waals surface area contributed by atoms with E-state index in [0.717, 1.165) is 10.6 Å². The number of primary amides is 1. The molecule has 2 amide bonds. The molecule has 8 heteroatoms. The van der Waals surface area contributed by atoms with E-state index in [4.69, 9.17) is 5.73 Å². The predicted octanol–water partition coefficient (Wildman–Crippen LogP) is 0.743. The van der Waals surface area contributed by atoms with Gasteiger partial charge in [0, 0.05) is 29.6 Å². The lowest BCUT2D eigenvalue weighted by Gasteiger charge is -2.14. The Morgan fingerprint density at radius 1 is 1.53 bits per heavy atom. The molecule has 2 rings (SSSR count). The third kappa shape index (κ3) is 2.72.